The number of aryl methyl sites for hydroxylation is 1. The van der Waals surface area contributed by atoms with Crippen molar-refractivity contribution in [1.29, 1.82) is 0 Å². The molecule has 0 fully saturated rings. The van der Waals surface area contributed by atoms with Crippen LogP contribution in [0.1, 0.15) is 23.1 Å². The van der Waals surface area contributed by atoms with Gasteiger partial charge in [0.2, 0.25) is 0 Å². The molecule has 1 aliphatic heterocycles. The Morgan fingerprint density at radius 2 is 1.70 bits per heavy atom. The van der Waals surface area contributed by atoms with Crippen molar-refractivity contribution in [2.75, 3.05) is 13.1 Å². The zero-order valence-corrected chi connectivity index (χ0v) is 11.8. The lowest BCUT2D eigenvalue weighted by molar-refractivity contribution is 0.251. The molecule has 1 N–H and O–H groups in total. The van der Waals surface area contributed by atoms with Crippen molar-refractivity contribution >= 4 is 0 Å². The van der Waals surface area contributed by atoms with E-state index in [9.17, 15) is 5.11 Å². The average molecular weight is 267 g/mol. The first-order chi connectivity index (χ1) is 9.83. The fraction of sp³-hybridized carbons (Fsp3) is 0.333. The van der Waals surface area contributed by atoms with Crippen LogP contribution < -0.4 is 0 Å². The molecule has 2 aromatic rings. The molecule has 0 unspecified atom stereocenters. The number of fused-ring (bicyclic) bond motifs is 1. The molecule has 104 valence electrons. The molecule has 2 aromatic carbocycles. The fourth-order valence-corrected chi connectivity index (χ4v) is 2.96. The molecular formula is C18H21NO. The van der Waals surface area contributed by atoms with Gasteiger partial charge in [-0.1, -0.05) is 42.5 Å². The fourth-order valence-electron chi connectivity index (χ4n) is 2.96. The highest BCUT2D eigenvalue weighted by atomic mass is 16.3. The average Bonchev–Trinajstić information content (AvgIpc) is 2.49. The maximum atomic E-state index is 9.76. The summed E-state index contributed by atoms with van der Waals surface area (Å²) >= 11 is 0. The molecule has 0 saturated heterocycles. The zero-order valence-electron chi connectivity index (χ0n) is 11.8. The van der Waals surface area contributed by atoms with Gasteiger partial charge in [-0.25, -0.2) is 0 Å². The van der Waals surface area contributed by atoms with Crippen molar-refractivity contribution < 1.29 is 5.11 Å². The largest absolute Gasteiger partial charge is 0.508 e. The highest BCUT2D eigenvalue weighted by Crippen LogP contribution is 2.20. The van der Waals surface area contributed by atoms with Crippen LogP contribution in [0.4, 0.5) is 0 Å². The Bertz CT molecular complexity index is 579. The molecule has 0 radical (unpaired) electrons. The summed E-state index contributed by atoms with van der Waals surface area (Å²) in [5.41, 5.74) is 4.04. The molecule has 1 aliphatic rings. The van der Waals surface area contributed by atoms with E-state index < -0.39 is 0 Å². The monoisotopic (exact) mass is 267 g/mol. The predicted octanol–water partition coefficient (Wildman–Crippen LogP) is 3.38. The number of aromatic hydroxyl groups is 1. The third-order valence-electron chi connectivity index (χ3n) is 4.12. The maximum Gasteiger partial charge on any atom is 0.118 e. The quantitative estimate of drug-likeness (QED) is 0.918. The number of hydrogen-bond donors (Lipinski definition) is 1. The van der Waals surface area contributed by atoms with Gasteiger partial charge in [-0.15, -0.1) is 0 Å². The van der Waals surface area contributed by atoms with Gasteiger partial charge in [0.25, 0.3) is 0 Å². The van der Waals surface area contributed by atoms with Crippen molar-refractivity contribution in [3.05, 3.63) is 65.2 Å². The molecule has 0 saturated carbocycles. The van der Waals surface area contributed by atoms with Gasteiger partial charge in [-0.2, -0.15) is 0 Å². The van der Waals surface area contributed by atoms with Gasteiger partial charge in [0.05, 0.1) is 0 Å². The van der Waals surface area contributed by atoms with Gasteiger partial charge in [-0.05, 0) is 48.6 Å². The van der Waals surface area contributed by atoms with Crippen LogP contribution in [0.5, 0.6) is 5.75 Å². The summed E-state index contributed by atoms with van der Waals surface area (Å²) < 4.78 is 0. The Morgan fingerprint density at radius 1 is 0.950 bits per heavy atom. The molecule has 2 heteroatoms. The van der Waals surface area contributed by atoms with E-state index in [4.69, 9.17) is 0 Å². The molecule has 0 aliphatic carbocycles. The minimum Gasteiger partial charge on any atom is -0.508 e. The standard InChI is InChI=1S/C18H21NO/c20-18-10-4-3-7-16(18)9-5-12-19-13-11-15-6-1-2-8-17(15)14-19/h1-4,6-8,10,20H,5,9,11-14H2. The number of nitrogens with zero attached hydrogens (tertiary/aromatic N) is 1. The lowest BCUT2D eigenvalue weighted by atomic mass is 9.99. The van der Waals surface area contributed by atoms with Gasteiger partial charge in [-0.3, -0.25) is 4.90 Å². The van der Waals surface area contributed by atoms with E-state index in [-0.39, 0.29) is 0 Å². The summed E-state index contributed by atoms with van der Waals surface area (Å²) in [7, 11) is 0. The summed E-state index contributed by atoms with van der Waals surface area (Å²) in [5.74, 6) is 0.427. The molecule has 3 rings (SSSR count). The van der Waals surface area contributed by atoms with E-state index in [1.54, 1.807) is 6.07 Å². The van der Waals surface area contributed by atoms with Crippen LogP contribution in [-0.2, 0) is 19.4 Å². The van der Waals surface area contributed by atoms with Crippen LogP contribution >= 0.6 is 0 Å². The first kappa shape index (κ1) is 13.2. The van der Waals surface area contributed by atoms with Crippen LogP contribution in [0, 0.1) is 0 Å². The first-order valence-electron chi connectivity index (χ1n) is 7.39. The predicted molar refractivity (Wildman–Crippen MR) is 81.9 cm³/mol. The summed E-state index contributed by atoms with van der Waals surface area (Å²) in [6, 6.07) is 16.4. The third kappa shape index (κ3) is 3.02. The van der Waals surface area contributed by atoms with Crippen molar-refractivity contribution in [2.24, 2.45) is 0 Å². The van der Waals surface area contributed by atoms with Gasteiger partial charge < -0.3 is 5.11 Å². The van der Waals surface area contributed by atoms with E-state index in [0.29, 0.717) is 5.75 Å². The number of hydrogen-bond acceptors (Lipinski definition) is 2. The van der Waals surface area contributed by atoms with Gasteiger partial charge in [0.1, 0.15) is 5.75 Å². The Hall–Kier alpha value is -1.80. The van der Waals surface area contributed by atoms with E-state index in [0.717, 1.165) is 44.5 Å². The van der Waals surface area contributed by atoms with Crippen LogP contribution in [0.3, 0.4) is 0 Å². The van der Waals surface area contributed by atoms with Crippen LogP contribution in [0.15, 0.2) is 48.5 Å². The lowest BCUT2D eigenvalue weighted by Crippen LogP contribution is -2.31. The van der Waals surface area contributed by atoms with E-state index in [1.807, 2.05) is 18.2 Å². The number of phenolic OH excluding ortho intramolecular Hbond substituents is 1. The highest BCUT2D eigenvalue weighted by molar-refractivity contribution is 5.32. The second-order valence-corrected chi connectivity index (χ2v) is 5.53. The maximum absolute atomic E-state index is 9.76. The smallest absolute Gasteiger partial charge is 0.118 e. The van der Waals surface area contributed by atoms with Crippen LogP contribution in [-0.4, -0.2) is 23.1 Å². The minimum absolute atomic E-state index is 0.427. The third-order valence-corrected chi connectivity index (χ3v) is 4.12. The van der Waals surface area contributed by atoms with Crippen molar-refractivity contribution in [1.82, 2.24) is 4.90 Å². The van der Waals surface area contributed by atoms with Gasteiger partial charge in [0.15, 0.2) is 0 Å². The van der Waals surface area contributed by atoms with Crippen molar-refractivity contribution in [3.63, 3.8) is 0 Å². The van der Waals surface area contributed by atoms with Crippen LogP contribution in [0.25, 0.3) is 0 Å². The molecule has 0 spiro atoms. The minimum atomic E-state index is 0.427. The Labute approximate surface area is 120 Å². The topological polar surface area (TPSA) is 23.5 Å². The van der Waals surface area contributed by atoms with Gasteiger partial charge in [0, 0.05) is 13.1 Å². The van der Waals surface area contributed by atoms with Gasteiger partial charge >= 0.3 is 0 Å². The van der Waals surface area contributed by atoms with Crippen molar-refractivity contribution in [3.8, 4) is 5.75 Å². The normalized spacial score (nSPS) is 15.0. The van der Waals surface area contributed by atoms with E-state index >= 15 is 0 Å². The zero-order chi connectivity index (χ0) is 13.8. The lowest BCUT2D eigenvalue weighted by Gasteiger charge is -2.28. The van der Waals surface area contributed by atoms with Crippen LogP contribution in [0.2, 0.25) is 0 Å². The van der Waals surface area contributed by atoms with E-state index in [2.05, 4.69) is 29.2 Å². The first-order valence-corrected chi connectivity index (χ1v) is 7.39. The van der Waals surface area contributed by atoms with Crippen molar-refractivity contribution in [2.45, 2.75) is 25.8 Å². The SMILES string of the molecule is Oc1ccccc1CCCN1CCc2ccccc2C1. The summed E-state index contributed by atoms with van der Waals surface area (Å²) in [6.45, 7) is 3.32. The second-order valence-electron chi connectivity index (χ2n) is 5.53. The Kier molecular flexibility index (Phi) is 4.03. The van der Waals surface area contributed by atoms with E-state index in [1.165, 1.54) is 11.1 Å². The molecule has 20 heavy (non-hydrogen) atoms. The molecule has 0 bridgehead atoms. The molecule has 2 nitrogen and oxygen atoms in total. The summed E-state index contributed by atoms with van der Waals surface area (Å²) in [4.78, 5) is 2.52. The second kappa shape index (κ2) is 6.10. The molecular weight excluding hydrogens is 246 g/mol. The molecule has 0 atom stereocenters. The molecule has 0 aromatic heterocycles. The number of benzene rings is 2. The summed E-state index contributed by atoms with van der Waals surface area (Å²) in [6.07, 6.45) is 3.21. The summed E-state index contributed by atoms with van der Waals surface area (Å²) in [5, 5.41) is 9.76. The number of rotatable bonds is 4. The molecule has 0 amide bonds. The Morgan fingerprint density at radius 3 is 2.55 bits per heavy atom. The number of para-hydroxylation sites is 1. The molecule has 1 heterocycles. The Balaban J connectivity index is 1.52. The number of phenols is 1. The highest BCUT2D eigenvalue weighted by Gasteiger charge is 2.14.